The van der Waals surface area contributed by atoms with Crippen LogP contribution in [0.5, 0.6) is 5.75 Å². The number of rotatable bonds is 2. The van der Waals surface area contributed by atoms with E-state index in [1.54, 1.807) is 26.0 Å². The normalized spacial score (nSPS) is 10.3. The molecule has 104 valence electrons. The Labute approximate surface area is 116 Å². The van der Waals surface area contributed by atoms with Crippen molar-refractivity contribution in [2.75, 3.05) is 11.1 Å². The Balaban J connectivity index is 2.26. The molecule has 0 aliphatic carbocycles. The van der Waals surface area contributed by atoms with Gasteiger partial charge in [0.15, 0.2) is 0 Å². The van der Waals surface area contributed by atoms with Crippen LogP contribution in [-0.4, -0.2) is 11.0 Å². The van der Waals surface area contributed by atoms with Crippen LogP contribution in [0.15, 0.2) is 30.3 Å². The minimum Gasteiger partial charge on any atom is -0.508 e. The molecule has 2 aromatic carbocycles. The zero-order chi connectivity index (χ0) is 14.9. The molecule has 4 nitrogen and oxygen atoms in total. The average Bonchev–Trinajstić information content (AvgIpc) is 2.39. The number of hydrogen-bond donors (Lipinski definition) is 3. The number of aryl methyl sites for hydroxylation is 1. The van der Waals surface area contributed by atoms with E-state index in [1.807, 2.05) is 0 Å². The first-order chi connectivity index (χ1) is 9.38. The Morgan fingerprint density at radius 1 is 1.25 bits per heavy atom. The number of phenols is 1. The molecule has 4 N–H and O–H groups in total. The summed E-state index contributed by atoms with van der Waals surface area (Å²) >= 11 is 0. The summed E-state index contributed by atoms with van der Waals surface area (Å²) in [6, 6.07) is 7.31. The van der Waals surface area contributed by atoms with Crippen LogP contribution in [0.1, 0.15) is 21.5 Å². The van der Waals surface area contributed by atoms with Crippen LogP contribution in [0.4, 0.5) is 15.8 Å². The van der Waals surface area contributed by atoms with E-state index in [2.05, 4.69) is 5.32 Å². The van der Waals surface area contributed by atoms with Gasteiger partial charge in [0.2, 0.25) is 0 Å². The van der Waals surface area contributed by atoms with Gasteiger partial charge in [-0.2, -0.15) is 0 Å². The molecule has 0 aromatic heterocycles. The van der Waals surface area contributed by atoms with Crippen molar-refractivity contribution in [2.45, 2.75) is 13.8 Å². The van der Waals surface area contributed by atoms with Crippen molar-refractivity contribution in [3.8, 4) is 5.75 Å². The number of nitrogens with one attached hydrogen (secondary N) is 1. The molecule has 0 saturated heterocycles. The van der Waals surface area contributed by atoms with Gasteiger partial charge in [-0.3, -0.25) is 4.79 Å². The van der Waals surface area contributed by atoms with E-state index < -0.39 is 11.7 Å². The highest BCUT2D eigenvalue weighted by molar-refractivity contribution is 6.05. The second-order valence-electron chi connectivity index (χ2n) is 4.63. The first-order valence-corrected chi connectivity index (χ1v) is 6.05. The average molecular weight is 274 g/mol. The van der Waals surface area contributed by atoms with Gasteiger partial charge in [0, 0.05) is 28.6 Å². The van der Waals surface area contributed by atoms with Crippen LogP contribution in [0.2, 0.25) is 0 Å². The fraction of sp³-hybridized carbons (Fsp3) is 0.133. The lowest BCUT2D eigenvalue weighted by molar-refractivity contribution is 0.102. The molecule has 0 unspecified atom stereocenters. The highest BCUT2D eigenvalue weighted by Gasteiger charge is 2.11. The maximum absolute atomic E-state index is 13.6. The van der Waals surface area contributed by atoms with E-state index in [1.165, 1.54) is 12.1 Å². The molecule has 2 rings (SSSR count). The van der Waals surface area contributed by atoms with Crippen molar-refractivity contribution in [2.24, 2.45) is 0 Å². The number of nitrogen functional groups attached to an aromatic ring is 1. The van der Waals surface area contributed by atoms with Gasteiger partial charge >= 0.3 is 0 Å². The number of hydrogen-bond acceptors (Lipinski definition) is 3. The molecule has 2 aromatic rings. The lowest BCUT2D eigenvalue weighted by atomic mass is 10.1. The summed E-state index contributed by atoms with van der Waals surface area (Å²) in [6.45, 7) is 3.29. The Kier molecular flexibility index (Phi) is 3.61. The summed E-state index contributed by atoms with van der Waals surface area (Å²) in [4.78, 5) is 12.0. The predicted molar refractivity (Wildman–Crippen MR) is 76.3 cm³/mol. The van der Waals surface area contributed by atoms with Gasteiger partial charge in [-0.1, -0.05) is 6.07 Å². The molecule has 0 atom stereocenters. The van der Waals surface area contributed by atoms with Crippen LogP contribution in [0.3, 0.4) is 0 Å². The van der Waals surface area contributed by atoms with Gasteiger partial charge in [-0.25, -0.2) is 4.39 Å². The van der Waals surface area contributed by atoms with Crippen molar-refractivity contribution >= 4 is 17.3 Å². The van der Waals surface area contributed by atoms with Gasteiger partial charge in [0.05, 0.1) is 0 Å². The van der Waals surface area contributed by atoms with Crippen LogP contribution in [0, 0.1) is 19.7 Å². The zero-order valence-electron chi connectivity index (χ0n) is 11.2. The number of phenolic OH excluding ortho intramolecular Hbond substituents is 1. The number of carbonyl (C=O) groups is 1. The predicted octanol–water partition coefficient (Wildman–Crippen LogP) is 2.98. The molecule has 0 bridgehead atoms. The van der Waals surface area contributed by atoms with Crippen LogP contribution >= 0.6 is 0 Å². The summed E-state index contributed by atoms with van der Waals surface area (Å²) in [5, 5.41) is 12.2. The third-order valence-corrected chi connectivity index (χ3v) is 3.11. The van der Waals surface area contributed by atoms with E-state index in [9.17, 15) is 14.3 Å². The van der Waals surface area contributed by atoms with Gasteiger partial charge < -0.3 is 16.2 Å². The zero-order valence-corrected chi connectivity index (χ0v) is 11.2. The minimum absolute atomic E-state index is 0.0809. The maximum Gasteiger partial charge on any atom is 0.255 e. The van der Waals surface area contributed by atoms with Gasteiger partial charge in [-0.05, 0) is 37.6 Å². The summed E-state index contributed by atoms with van der Waals surface area (Å²) in [5.74, 6) is -0.932. The van der Waals surface area contributed by atoms with E-state index in [4.69, 9.17) is 5.73 Å². The van der Waals surface area contributed by atoms with Gasteiger partial charge in [0.25, 0.3) is 5.91 Å². The molecule has 20 heavy (non-hydrogen) atoms. The Hall–Kier alpha value is -2.56. The molecular formula is C15H15FN2O2. The monoisotopic (exact) mass is 274 g/mol. The van der Waals surface area contributed by atoms with Crippen LogP contribution in [-0.2, 0) is 0 Å². The van der Waals surface area contributed by atoms with Gasteiger partial charge in [-0.15, -0.1) is 0 Å². The molecule has 0 fully saturated rings. The van der Waals surface area contributed by atoms with E-state index in [-0.39, 0.29) is 17.0 Å². The number of aromatic hydroxyl groups is 1. The maximum atomic E-state index is 13.6. The largest absolute Gasteiger partial charge is 0.508 e. The summed E-state index contributed by atoms with van der Waals surface area (Å²) in [5.41, 5.74) is 7.44. The second-order valence-corrected chi connectivity index (χ2v) is 4.63. The highest BCUT2D eigenvalue weighted by atomic mass is 19.1. The smallest absolute Gasteiger partial charge is 0.255 e. The number of amides is 1. The number of benzene rings is 2. The number of carbonyl (C=O) groups excluding carboxylic acids is 1. The number of anilines is 2. The van der Waals surface area contributed by atoms with Gasteiger partial charge in [0.1, 0.15) is 11.6 Å². The highest BCUT2D eigenvalue weighted by Crippen LogP contribution is 2.22. The molecule has 0 radical (unpaired) electrons. The van der Waals surface area contributed by atoms with Crippen molar-refractivity contribution < 1.29 is 14.3 Å². The Bertz CT molecular complexity index is 661. The molecule has 1 amide bonds. The first-order valence-electron chi connectivity index (χ1n) is 6.05. The van der Waals surface area contributed by atoms with E-state index in [0.29, 0.717) is 16.8 Å². The lowest BCUT2D eigenvalue weighted by Gasteiger charge is -2.09. The van der Waals surface area contributed by atoms with Crippen molar-refractivity contribution in [1.82, 2.24) is 0 Å². The molecule has 0 aliphatic heterocycles. The summed E-state index contributed by atoms with van der Waals surface area (Å²) in [7, 11) is 0. The molecular weight excluding hydrogens is 259 g/mol. The standard InChI is InChI=1S/C15H15FN2O2/c1-8-3-4-11(7-14(8)19)18-15(20)10-5-12(16)9(2)13(17)6-10/h3-7,19H,17H2,1-2H3,(H,18,20). The topological polar surface area (TPSA) is 75.4 Å². The third kappa shape index (κ3) is 2.71. The summed E-state index contributed by atoms with van der Waals surface area (Å²) < 4.78 is 13.6. The quantitative estimate of drug-likeness (QED) is 0.737. The Morgan fingerprint density at radius 3 is 2.55 bits per heavy atom. The molecule has 0 spiro atoms. The third-order valence-electron chi connectivity index (χ3n) is 3.11. The van der Waals surface area contributed by atoms with E-state index in [0.717, 1.165) is 6.07 Å². The van der Waals surface area contributed by atoms with Crippen molar-refractivity contribution in [3.63, 3.8) is 0 Å². The van der Waals surface area contributed by atoms with E-state index >= 15 is 0 Å². The minimum atomic E-state index is -0.526. The molecule has 0 saturated carbocycles. The molecule has 0 aliphatic rings. The van der Waals surface area contributed by atoms with Crippen molar-refractivity contribution in [1.29, 1.82) is 0 Å². The number of nitrogens with two attached hydrogens (primary N) is 1. The van der Waals surface area contributed by atoms with Crippen LogP contribution < -0.4 is 11.1 Å². The molecule has 0 heterocycles. The molecule has 5 heteroatoms. The fourth-order valence-electron chi connectivity index (χ4n) is 1.72. The SMILES string of the molecule is Cc1ccc(NC(=O)c2cc(N)c(C)c(F)c2)cc1O. The first kappa shape index (κ1) is 13.9. The lowest BCUT2D eigenvalue weighted by Crippen LogP contribution is -2.13. The number of halogens is 1. The fourth-order valence-corrected chi connectivity index (χ4v) is 1.72. The van der Waals surface area contributed by atoms with Crippen LogP contribution in [0.25, 0.3) is 0 Å². The summed E-state index contributed by atoms with van der Waals surface area (Å²) in [6.07, 6.45) is 0. The second kappa shape index (κ2) is 5.21. The van der Waals surface area contributed by atoms with Crippen molar-refractivity contribution in [3.05, 3.63) is 52.8 Å². The Morgan fingerprint density at radius 2 is 1.95 bits per heavy atom.